The van der Waals surface area contributed by atoms with Crippen molar-refractivity contribution in [3.05, 3.63) is 36.2 Å². The van der Waals surface area contributed by atoms with E-state index >= 15 is 0 Å². The summed E-state index contributed by atoms with van der Waals surface area (Å²) < 4.78 is 1.81. The van der Waals surface area contributed by atoms with Crippen LogP contribution >= 0.6 is 12.4 Å². The van der Waals surface area contributed by atoms with E-state index in [9.17, 15) is 0 Å². The summed E-state index contributed by atoms with van der Waals surface area (Å²) in [6.45, 7) is 6.66. The molecule has 1 aromatic heterocycles. The third-order valence-corrected chi connectivity index (χ3v) is 3.81. The van der Waals surface area contributed by atoms with E-state index in [1.807, 2.05) is 35.0 Å². The fourth-order valence-corrected chi connectivity index (χ4v) is 2.63. The maximum absolute atomic E-state index is 5.60. The molecule has 1 aliphatic rings. The van der Waals surface area contributed by atoms with E-state index in [0.717, 1.165) is 57.3 Å². The molecule has 2 heterocycles. The van der Waals surface area contributed by atoms with Crippen molar-refractivity contribution in [2.75, 3.05) is 39.3 Å². The standard InChI is InChI=1S/C14H21N7.ClH/c15-6-7-19-8-10-20(11-9-19)12-14-16-17-18-21(14)13-4-2-1-3-5-13;/h1-5H,6-12,15H2;1H. The molecule has 0 saturated carbocycles. The van der Waals surface area contributed by atoms with Crippen LogP contribution in [-0.2, 0) is 6.54 Å². The summed E-state index contributed by atoms with van der Waals surface area (Å²) in [5.41, 5.74) is 6.60. The fraction of sp³-hybridized carbons (Fsp3) is 0.500. The van der Waals surface area contributed by atoms with Gasteiger partial charge in [-0.15, -0.1) is 17.5 Å². The number of rotatable bonds is 5. The first-order chi connectivity index (χ1) is 10.4. The van der Waals surface area contributed by atoms with Crippen LogP contribution in [-0.4, -0.2) is 69.3 Å². The molecule has 0 bridgehead atoms. The molecule has 1 aliphatic heterocycles. The van der Waals surface area contributed by atoms with Crippen molar-refractivity contribution in [2.24, 2.45) is 5.73 Å². The number of halogens is 1. The summed E-state index contributed by atoms with van der Waals surface area (Å²) in [6, 6.07) is 10.0. The van der Waals surface area contributed by atoms with Gasteiger partial charge in [0, 0.05) is 39.3 Å². The van der Waals surface area contributed by atoms with Gasteiger partial charge in [0.05, 0.1) is 12.2 Å². The molecule has 120 valence electrons. The zero-order valence-corrected chi connectivity index (χ0v) is 13.3. The van der Waals surface area contributed by atoms with Crippen LogP contribution in [0.5, 0.6) is 0 Å². The van der Waals surface area contributed by atoms with Crippen LogP contribution < -0.4 is 5.73 Å². The summed E-state index contributed by atoms with van der Waals surface area (Å²) >= 11 is 0. The summed E-state index contributed by atoms with van der Waals surface area (Å²) in [6.07, 6.45) is 0. The Morgan fingerprint density at radius 2 is 1.68 bits per heavy atom. The molecule has 1 saturated heterocycles. The van der Waals surface area contributed by atoms with Crippen LogP contribution in [0.15, 0.2) is 30.3 Å². The number of nitrogens with two attached hydrogens (primary N) is 1. The highest BCUT2D eigenvalue weighted by Gasteiger charge is 2.19. The molecule has 2 N–H and O–H groups in total. The van der Waals surface area contributed by atoms with Gasteiger partial charge in [-0.1, -0.05) is 18.2 Å². The van der Waals surface area contributed by atoms with Crippen molar-refractivity contribution in [2.45, 2.75) is 6.54 Å². The molecular weight excluding hydrogens is 302 g/mol. The molecule has 7 nitrogen and oxygen atoms in total. The Hall–Kier alpha value is -1.54. The Labute approximate surface area is 136 Å². The quantitative estimate of drug-likeness (QED) is 0.845. The van der Waals surface area contributed by atoms with E-state index in [2.05, 4.69) is 25.3 Å². The molecule has 0 amide bonds. The maximum Gasteiger partial charge on any atom is 0.170 e. The Kier molecular flexibility index (Phi) is 6.26. The van der Waals surface area contributed by atoms with Crippen molar-refractivity contribution in [3.8, 4) is 5.69 Å². The first kappa shape index (κ1) is 16.8. The summed E-state index contributed by atoms with van der Waals surface area (Å²) in [5, 5.41) is 12.1. The van der Waals surface area contributed by atoms with Gasteiger partial charge in [0.15, 0.2) is 5.82 Å². The molecule has 3 rings (SSSR count). The van der Waals surface area contributed by atoms with Gasteiger partial charge in [-0.05, 0) is 22.6 Å². The second-order valence-corrected chi connectivity index (χ2v) is 5.25. The van der Waals surface area contributed by atoms with Crippen molar-refractivity contribution in [1.82, 2.24) is 30.0 Å². The number of hydrogen-bond donors (Lipinski definition) is 1. The minimum absolute atomic E-state index is 0. The second-order valence-electron chi connectivity index (χ2n) is 5.25. The van der Waals surface area contributed by atoms with Gasteiger partial charge in [0.25, 0.3) is 0 Å². The zero-order chi connectivity index (χ0) is 14.5. The van der Waals surface area contributed by atoms with Gasteiger partial charge in [-0.25, -0.2) is 0 Å². The molecule has 0 radical (unpaired) electrons. The number of piperazine rings is 1. The minimum atomic E-state index is 0. The number of aromatic nitrogens is 4. The van der Waals surface area contributed by atoms with E-state index in [1.165, 1.54) is 0 Å². The van der Waals surface area contributed by atoms with Crippen LogP contribution in [0.1, 0.15) is 5.82 Å². The molecule has 0 atom stereocenters. The minimum Gasteiger partial charge on any atom is -0.329 e. The lowest BCUT2D eigenvalue weighted by molar-refractivity contribution is 0.127. The van der Waals surface area contributed by atoms with E-state index in [-0.39, 0.29) is 12.4 Å². The van der Waals surface area contributed by atoms with Gasteiger partial charge >= 0.3 is 0 Å². The van der Waals surface area contributed by atoms with E-state index in [0.29, 0.717) is 0 Å². The van der Waals surface area contributed by atoms with Gasteiger partial charge in [-0.3, -0.25) is 9.80 Å². The van der Waals surface area contributed by atoms with Gasteiger partial charge in [0.1, 0.15) is 0 Å². The van der Waals surface area contributed by atoms with Crippen LogP contribution in [0.3, 0.4) is 0 Å². The first-order valence-electron chi connectivity index (χ1n) is 7.34. The van der Waals surface area contributed by atoms with Crippen molar-refractivity contribution < 1.29 is 0 Å². The highest BCUT2D eigenvalue weighted by Crippen LogP contribution is 2.10. The fourth-order valence-electron chi connectivity index (χ4n) is 2.63. The Morgan fingerprint density at radius 3 is 2.36 bits per heavy atom. The van der Waals surface area contributed by atoms with Crippen LogP contribution in [0.2, 0.25) is 0 Å². The smallest absolute Gasteiger partial charge is 0.170 e. The average Bonchev–Trinajstić information content (AvgIpc) is 2.98. The number of benzene rings is 1. The number of tetrazole rings is 1. The summed E-state index contributed by atoms with van der Waals surface area (Å²) in [7, 11) is 0. The van der Waals surface area contributed by atoms with E-state index in [1.54, 1.807) is 0 Å². The zero-order valence-electron chi connectivity index (χ0n) is 12.5. The third kappa shape index (κ3) is 4.01. The van der Waals surface area contributed by atoms with E-state index < -0.39 is 0 Å². The highest BCUT2D eigenvalue weighted by molar-refractivity contribution is 5.85. The second kappa shape index (κ2) is 8.19. The summed E-state index contributed by atoms with van der Waals surface area (Å²) in [5.74, 6) is 0.883. The van der Waals surface area contributed by atoms with Gasteiger partial charge in [0.2, 0.25) is 0 Å². The normalized spacial score (nSPS) is 16.4. The lowest BCUT2D eigenvalue weighted by atomic mass is 10.3. The van der Waals surface area contributed by atoms with Crippen LogP contribution in [0.4, 0.5) is 0 Å². The SMILES string of the molecule is Cl.NCCN1CCN(Cc2nnnn2-c2ccccc2)CC1. The van der Waals surface area contributed by atoms with Crippen LogP contribution in [0.25, 0.3) is 5.69 Å². The van der Waals surface area contributed by atoms with Gasteiger partial charge < -0.3 is 5.73 Å². The first-order valence-corrected chi connectivity index (χ1v) is 7.34. The van der Waals surface area contributed by atoms with E-state index in [4.69, 9.17) is 5.73 Å². The highest BCUT2D eigenvalue weighted by atomic mass is 35.5. The Bertz CT molecular complexity index is 551. The molecular formula is C14H22ClN7. The molecule has 0 spiro atoms. The van der Waals surface area contributed by atoms with Crippen LogP contribution in [0, 0.1) is 0 Å². The van der Waals surface area contributed by atoms with Crippen molar-refractivity contribution >= 4 is 12.4 Å². The molecule has 0 unspecified atom stereocenters. The molecule has 22 heavy (non-hydrogen) atoms. The molecule has 1 aromatic carbocycles. The van der Waals surface area contributed by atoms with Crippen molar-refractivity contribution in [3.63, 3.8) is 0 Å². The lowest BCUT2D eigenvalue weighted by Crippen LogP contribution is -2.47. The third-order valence-electron chi connectivity index (χ3n) is 3.81. The number of nitrogens with zero attached hydrogens (tertiary/aromatic N) is 6. The summed E-state index contributed by atoms with van der Waals surface area (Å²) in [4.78, 5) is 4.79. The van der Waals surface area contributed by atoms with Gasteiger partial charge in [-0.2, -0.15) is 4.68 Å². The topological polar surface area (TPSA) is 76.1 Å². The van der Waals surface area contributed by atoms with Crippen molar-refractivity contribution in [1.29, 1.82) is 0 Å². The number of para-hydroxylation sites is 1. The lowest BCUT2D eigenvalue weighted by Gasteiger charge is -2.33. The molecule has 0 aliphatic carbocycles. The predicted molar refractivity (Wildman–Crippen MR) is 87.2 cm³/mol. The largest absolute Gasteiger partial charge is 0.329 e. The Balaban J connectivity index is 0.00000176. The molecule has 1 fully saturated rings. The molecule has 2 aromatic rings. The average molecular weight is 324 g/mol. The maximum atomic E-state index is 5.60. The predicted octanol–water partition coefficient (Wildman–Crippen LogP) is 0.160. The monoisotopic (exact) mass is 323 g/mol. The molecule has 8 heteroatoms. The number of hydrogen-bond acceptors (Lipinski definition) is 6. The Morgan fingerprint density at radius 1 is 1.00 bits per heavy atom.